The highest BCUT2D eigenvalue weighted by atomic mass is 16.5. The van der Waals surface area contributed by atoms with Crippen LogP contribution in [0.15, 0.2) is 23.0 Å². The maximum absolute atomic E-state index is 12.3. The molecule has 0 bridgehead atoms. The third kappa shape index (κ3) is 1.40. The van der Waals surface area contributed by atoms with Crippen molar-refractivity contribution in [2.24, 2.45) is 0 Å². The van der Waals surface area contributed by atoms with E-state index >= 15 is 0 Å². The number of H-pyrrole nitrogens is 1. The predicted octanol–water partition coefficient (Wildman–Crippen LogP) is 0.762. The fraction of sp³-hybridized carbons (Fsp3) is 0.154. The zero-order chi connectivity index (χ0) is 13.7. The molecule has 0 radical (unpaired) electrons. The first-order chi connectivity index (χ1) is 9.04. The average Bonchev–Trinajstić information content (AvgIpc) is 2.63. The molecule has 2 heterocycles. The van der Waals surface area contributed by atoms with Gasteiger partial charge in [-0.2, -0.15) is 0 Å². The minimum Gasteiger partial charge on any atom is -0.497 e. The van der Waals surface area contributed by atoms with Gasteiger partial charge in [-0.25, -0.2) is 0 Å². The summed E-state index contributed by atoms with van der Waals surface area (Å²) in [7, 11) is 2.86. The molecule has 96 valence electrons. The highest BCUT2D eigenvalue weighted by Gasteiger charge is 2.36. The molecule has 3 rings (SSSR count). The number of rotatable bonds is 1. The molecule has 2 aromatic rings. The molecule has 1 aliphatic rings. The molecule has 1 aromatic carbocycles. The second-order valence-corrected chi connectivity index (χ2v) is 4.28. The number of aromatic nitrogens is 1. The molecule has 0 saturated heterocycles. The molecule has 6 heteroatoms. The van der Waals surface area contributed by atoms with Gasteiger partial charge in [0, 0.05) is 18.5 Å². The number of ether oxygens (including phenoxy) is 1. The summed E-state index contributed by atoms with van der Waals surface area (Å²) in [4.78, 5) is 39.7. The number of nitrogens with one attached hydrogen (secondary N) is 1. The molecule has 2 amide bonds. The number of hydrogen-bond acceptors (Lipinski definition) is 4. The smallest absolute Gasteiger partial charge is 0.277 e. The van der Waals surface area contributed by atoms with Crippen LogP contribution in [0.3, 0.4) is 0 Å². The summed E-state index contributed by atoms with van der Waals surface area (Å²) in [5.74, 6) is -0.506. The van der Waals surface area contributed by atoms with Crippen molar-refractivity contribution in [1.29, 1.82) is 0 Å². The molecule has 1 aromatic heterocycles. The van der Waals surface area contributed by atoms with E-state index in [9.17, 15) is 14.4 Å². The van der Waals surface area contributed by atoms with Crippen molar-refractivity contribution in [2.75, 3.05) is 14.2 Å². The molecular weight excluding hydrogens is 248 g/mol. The highest BCUT2D eigenvalue weighted by molar-refractivity contribution is 6.21. The fourth-order valence-electron chi connectivity index (χ4n) is 2.19. The molecule has 0 fully saturated rings. The van der Waals surface area contributed by atoms with Crippen LogP contribution >= 0.6 is 0 Å². The lowest BCUT2D eigenvalue weighted by atomic mass is 10.1. The second-order valence-electron chi connectivity index (χ2n) is 4.28. The Balaban J connectivity index is 2.42. The number of hydrogen-bond donors (Lipinski definition) is 1. The Morgan fingerprint density at radius 3 is 2.58 bits per heavy atom. The quantitative estimate of drug-likeness (QED) is 0.766. The topological polar surface area (TPSA) is 79.5 Å². The Morgan fingerprint density at radius 2 is 1.89 bits per heavy atom. The van der Waals surface area contributed by atoms with Crippen molar-refractivity contribution in [2.45, 2.75) is 0 Å². The number of amides is 2. The minimum atomic E-state index is -0.570. The lowest BCUT2D eigenvalue weighted by Gasteiger charge is -2.04. The molecule has 1 aliphatic heterocycles. The third-order valence-electron chi connectivity index (χ3n) is 3.25. The number of carbonyl (C=O) groups is 2. The number of fused-ring (bicyclic) bond motifs is 2. The lowest BCUT2D eigenvalue weighted by Crippen LogP contribution is -2.25. The largest absolute Gasteiger partial charge is 0.497 e. The minimum absolute atomic E-state index is 0.0400. The monoisotopic (exact) mass is 258 g/mol. The number of pyridine rings is 1. The van der Waals surface area contributed by atoms with E-state index in [4.69, 9.17) is 4.74 Å². The summed E-state index contributed by atoms with van der Waals surface area (Å²) in [6, 6.07) is 4.82. The predicted molar refractivity (Wildman–Crippen MR) is 67.5 cm³/mol. The van der Waals surface area contributed by atoms with Gasteiger partial charge in [0.05, 0.1) is 12.6 Å². The first-order valence-electron chi connectivity index (χ1n) is 5.61. The summed E-state index contributed by atoms with van der Waals surface area (Å²) >= 11 is 0. The number of aromatic amines is 1. The van der Waals surface area contributed by atoms with Gasteiger partial charge in [0.1, 0.15) is 17.0 Å². The molecule has 0 unspecified atom stereocenters. The molecule has 0 atom stereocenters. The van der Waals surface area contributed by atoms with E-state index in [2.05, 4.69) is 4.98 Å². The number of benzene rings is 1. The van der Waals surface area contributed by atoms with E-state index < -0.39 is 17.2 Å². The van der Waals surface area contributed by atoms with Crippen molar-refractivity contribution >= 4 is 22.7 Å². The van der Waals surface area contributed by atoms with Crippen LogP contribution in [0.1, 0.15) is 20.8 Å². The summed E-state index contributed by atoms with van der Waals surface area (Å²) in [6.45, 7) is 0. The number of carbonyl (C=O) groups excluding carboxylic acids is 2. The normalized spacial score (nSPS) is 14.1. The Hall–Kier alpha value is -2.63. The first-order valence-corrected chi connectivity index (χ1v) is 5.61. The van der Waals surface area contributed by atoms with E-state index in [0.717, 1.165) is 4.90 Å². The molecule has 6 nitrogen and oxygen atoms in total. The van der Waals surface area contributed by atoms with Crippen molar-refractivity contribution in [3.05, 3.63) is 39.7 Å². The Kier molecular flexibility index (Phi) is 2.22. The van der Waals surface area contributed by atoms with Crippen molar-refractivity contribution in [1.82, 2.24) is 9.88 Å². The average molecular weight is 258 g/mol. The van der Waals surface area contributed by atoms with Crippen LogP contribution in [-0.2, 0) is 0 Å². The fourth-order valence-corrected chi connectivity index (χ4v) is 2.19. The lowest BCUT2D eigenvalue weighted by molar-refractivity contribution is 0.0691. The van der Waals surface area contributed by atoms with Crippen LogP contribution in [0.4, 0.5) is 0 Å². The van der Waals surface area contributed by atoms with Crippen molar-refractivity contribution in [3.8, 4) is 5.75 Å². The van der Waals surface area contributed by atoms with Gasteiger partial charge in [-0.1, -0.05) is 0 Å². The van der Waals surface area contributed by atoms with Gasteiger partial charge in [0.15, 0.2) is 0 Å². The Morgan fingerprint density at radius 1 is 1.16 bits per heavy atom. The van der Waals surface area contributed by atoms with Crippen LogP contribution in [0.5, 0.6) is 5.75 Å². The van der Waals surface area contributed by atoms with Gasteiger partial charge in [0.25, 0.3) is 11.8 Å². The standard InChI is InChI=1S/C13H10N2O4/c1-15-12(17)9-10(13(15)18)14-8-5-6(19-2)3-4-7(8)11(9)16/h3-5H,1-2H3,(H,14,16). The maximum Gasteiger partial charge on any atom is 0.277 e. The van der Waals surface area contributed by atoms with Crippen LogP contribution < -0.4 is 10.2 Å². The molecular formula is C13H10N2O4. The molecule has 19 heavy (non-hydrogen) atoms. The number of nitrogens with zero attached hydrogens (tertiary/aromatic N) is 1. The summed E-state index contributed by atoms with van der Waals surface area (Å²) in [6.07, 6.45) is 0. The van der Waals surface area contributed by atoms with Crippen molar-refractivity contribution in [3.63, 3.8) is 0 Å². The maximum atomic E-state index is 12.3. The molecule has 1 N–H and O–H groups in total. The van der Waals surface area contributed by atoms with Crippen LogP contribution in [0.2, 0.25) is 0 Å². The van der Waals surface area contributed by atoms with E-state index in [1.165, 1.54) is 14.2 Å². The number of methoxy groups -OCH3 is 1. The first kappa shape index (κ1) is 11.5. The third-order valence-corrected chi connectivity index (χ3v) is 3.25. The summed E-state index contributed by atoms with van der Waals surface area (Å²) in [5.41, 5.74) is -0.0166. The van der Waals surface area contributed by atoms with Crippen molar-refractivity contribution < 1.29 is 14.3 Å². The highest BCUT2D eigenvalue weighted by Crippen LogP contribution is 2.22. The molecule has 0 saturated carbocycles. The van der Waals surface area contributed by atoms with E-state index in [1.54, 1.807) is 18.2 Å². The SMILES string of the molecule is COc1ccc2c(=O)c3c([nH]c2c1)C(=O)N(C)C3=O. The zero-order valence-corrected chi connectivity index (χ0v) is 10.3. The summed E-state index contributed by atoms with van der Waals surface area (Å²) < 4.78 is 5.07. The van der Waals surface area contributed by atoms with E-state index in [1.807, 2.05) is 0 Å². The second kappa shape index (κ2) is 3.68. The molecule has 0 aliphatic carbocycles. The van der Waals surface area contributed by atoms with Gasteiger partial charge in [-0.05, 0) is 12.1 Å². The van der Waals surface area contributed by atoms with E-state index in [0.29, 0.717) is 16.7 Å². The number of imide groups is 1. The van der Waals surface area contributed by atoms with Gasteiger partial charge < -0.3 is 9.72 Å². The molecule has 0 spiro atoms. The van der Waals surface area contributed by atoms with Gasteiger partial charge in [-0.3, -0.25) is 19.3 Å². The van der Waals surface area contributed by atoms with E-state index in [-0.39, 0.29) is 11.3 Å². The van der Waals surface area contributed by atoms with Gasteiger partial charge in [0.2, 0.25) is 5.43 Å². The van der Waals surface area contributed by atoms with Gasteiger partial charge >= 0.3 is 0 Å². The summed E-state index contributed by atoms with van der Waals surface area (Å²) in [5, 5.41) is 0.357. The Bertz CT molecular complexity index is 791. The zero-order valence-electron chi connectivity index (χ0n) is 10.3. The van der Waals surface area contributed by atoms with Crippen LogP contribution in [0.25, 0.3) is 10.9 Å². The Labute approximate surface area is 107 Å². The van der Waals surface area contributed by atoms with Crippen LogP contribution in [-0.4, -0.2) is 35.9 Å². The van der Waals surface area contributed by atoms with Gasteiger partial charge in [-0.15, -0.1) is 0 Å². The van der Waals surface area contributed by atoms with Crippen LogP contribution in [0, 0.1) is 0 Å².